The first kappa shape index (κ1) is 15.0. The van der Waals surface area contributed by atoms with E-state index in [-0.39, 0.29) is 0 Å². The lowest BCUT2D eigenvalue weighted by Crippen LogP contribution is -2.30. The van der Waals surface area contributed by atoms with Crippen LogP contribution in [0.2, 0.25) is 0 Å². The number of nitrogens with zero attached hydrogens (tertiary/aromatic N) is 3. The highest BCUT2D eigenvalue weighted by atomic mass is 15.1. The van der Waals surface area contributed by atoms with Crippen molar-refractivity contribution in [1.82, 2.24) is 14.9 Å². The topological polar surface area (TPSA) is 67.1 Å². The lowest BCUT2D eigenvalue weighted by Gasteiger charge is -2.28. The van der Waals surface area contributed by atoms with Gasteiger partial charge in [-0.3, -0.25) is 0 Å². The molecular formula is C15H27N5. The van der Waals surface area contributed by atoms with Crippen molar-refractivity contribution in [2.24, 2.45) is 5.92 Å². The molecule has 0 unspecified atom stereocenters. The Kier molecular flexibility index (Phi) is 5.59. The molecule has 1 aliphatic heterocycles. The maximum absolute atomic E-state index is 5.82. The van der Waals surface area contributed by atoms with Gasteiger partial charge in [-0.2, -0.15) is 0 Å². The second kappa shape index (κ2) is 7.43. The first-order chi connectivity index (χ1) is 9.67. The van der Waals surface area contributed by atoms with Gasteiger partial charge in [-0.1, -0.05) is 6.92 Å². The molecule has 1 aromatic rings. The second-order valence-corrected chi connectivity index (χ2v) is 5.81. The summed E-state index contributed by atoms with van der Waals surface area (Å²) in [5, 5.41) is 3.40. The van der Waals surface area contributed by atoms with Crippen LogP contribution in [-0.2, 0) is 6.42 Å². The van der Waals surface area contributed by atoms with Gasteiger partial charge in [-0.25, -0.2) is 9.97 Å². The van der Waals surface area contributed by atoms with Crippen LogP contribution in [0.3, 0.4) is 0 Å². The minimum atomic E-state index is 0.560. The molecular weight excluding hydrogens is 250 g/mol. The largest absolute Gasteiger partial charge is 0.384 e. The van der Waals surface area contributed by atoms with Crippen LogP contribution in [0, 0.1) is 5.92 Å². The van der Waals surface area contributed by atoms with Gasteiger partial charge in [0, 0.05) is 19.0 Å². The van der Waals surface area contributed by atoms with Gasteiger partial charge >= 0.3 is 0 Å². The normalized spacial score (nSPS) is 17.3. The lowest BCUT2D eigenvalue weighted by atomic mass is 9.94. The molecule has 112 valence electrons. The van der Waals surface area contributed by atoms with E-state index < -0.39 is 0 Å². The molecule has 1 fully saturated rings. The van der Waals surface area contributed by atoms with Crippen molar-refractivity contribution in [3.8, 4) is 0 Å². The van der Waals surface area contributed by atoms with E-state index in [0.717, 1.165) is 36.9 Å². The Hall–Kier alpha value is -1.36. The number of nitrogens with two attached hydrogens (primary N) is 1. The maximum Gasteiger partial charge on any atom is 0.133 e. The quantitative estimate of drug-likeness (QED) is 0.834. The Morgan fingerprint density at radius 2 is 2.10 bits per heavy atom. The molecule has 1 aromatic heterocycles. The molecule has 1 aliphatic rings. The zero-order valence-corrected chi connectivity index (χ0v) is 12.7. The van der Waals surface area contributed by atoms with Crippen molar-refractivity contribution in [2.45, 2.75) is 39.0 Å². The summed E-state index contributed by atoms with van der Waals surface area (Å²) >= 11 is 0. The van der Waals surface area contributed by atoms with Crippen molar-refractivity contribution in [3.05, 3.63) is 11.9 Å². The Morgan fingerprint density at radius 1 is 1.35 bits per heavy atom. The molecule has 0 saturated carbocycles. The van der Waals surface area contributed by atoms with Gasteiger partial charge < -0.3 is 16.0 Å². The average molecular weight is 277 g/mol. The van der Waals surface area contributed by atoms with Crippen molar-refractivity contribution in [3.63, 3.8) is 0 Å². The first-order valence-corrected chi connectivity index (χ1v) is 7.73. The summed E-state index contributed by atoms with van der Waals surface area (Å²) in [5.74, 6) is 3.11. The SMILES string of the molecule is CCCc1nc(N)cc(NCCC2CCN(C)CC2)n1. The minimum Gasteiger partial charge on any atom is -0.384 e. The monoisotopic (exact) mass is 277 g/mol. The number of hydrogen-bond acceptors (Lipinski definition) is 5. The van der Waals surface area contributed by atoms with Crippen LogP contribution in [0.25, 0.3) is 0 Å². The van der Waals surface area contributed by atoms with E-state index in [1.54, 1.807) is 0 Å². The van der Waals surface area contributed by atoms with E-state index in [1.165, 1.54) is 32.4 Å². The number of piperidine rings is 1. The van der Waals surface area contributed by atoms with Crippen LogP contribution < -0.4 is 11.1 Å². The zero-order chi connectivity index (χ0) is 14.4. The molecule has 0 atom stereocenters. The summed E-state index contributed by atoms with van der Waals surface area (Å²) in [7, 11) is 2.20. The third-order valence-electron chi connectivity index (χ3n) is 3.96. The number of anilines is 2. The minimum absolute atomic E-state index is 0.560. The van der Waals surface area contributed by atoms with E-state index in [2.05, 4.69) is 34.2 Å². The van der Waals surface area contributed by atoms with Crippen LogP contribution in [-0.4, -0.2) is 41.5 Å². The Bertz CT molecular complexity index is 413. The van der Waals surface area contributed by atoms with E-state index in [9.17, 15) is 0 Å². The van der Waals surface area contributed by atoms with E-state index >= 15 is 0 Å². The Labute approximate surface area is 122 Å². The van der Waals surface area contributed by atoms with Crippen LogP contribution in [0.4, 0.5) is 11.6 Å². The molecule has 2 heterocycles. The van der Waals surface area contributed by atoms with Gasteiger partial charge in [-0.15, -0.1) is 0 Å². The number of likely N-dealkylation sites (tertiary alicyclic amines) is 1. The van der Waals surface area contributed by atoms with Crippen LogP contribution in [0.15, 0.2) is 6.07 Å². The average Bonchev–Trinajstić information content (AvgIpc) is 2.41. The highest BCUT2D eigenvalue weighted by Gasteiger charge is 2.16. The highest BCUT2D eigenvalue weighted by molar-refractivity contribution is 5.44. The van der Waals surface area contributed by atoms with Gasteiger partial charge in [0.05, 0.1) is 0 Å². The number of nitrogen functional groups attached to an aromatic ring is 1. The summed E-state index contributed by atoms with van der Waals surface area (Å²) in [4.78, 5) is 11.2. The van der Waals surface area contributed by atoms with E-state index in [0.29, 0.717) is 5.82 Å². The number of hydrogen-bond donors (Lipinski definition) is 2. The molecule has 2 rings (SSSR count). The fraction of sp³-hybridized carbons (Fsp3) is 0.733. The lowest BCUT2D eigenvalue weighted by molar-refractivity contribution is 0.215. The van der Waals surface area contributed by atoms with Crippen LogP contribution in [0.5, 0.6) is 0 Å². The summed E-state index contributed by atoms with van der Waals surface area (Å²) < 4.78 is 0. The van der Waals surface area contributed by atoms with Gasteiger partial charge in [-0.05, 0) is 51.7 Å². The fourth-order valence-corrected chi connectivity index (χ4v) is 2.70. The molecule has 20 heavy (non-hydrogen) atoms. The van der Waals surface area contributed by atoms with E-state index in [1.807, 2.05) is 6.07 Å². The summed E-state index contributed by atoms with van der Waals surface area (Å²) in [6.45, 7) is 5.55. The number of rotatable bonds is 6. The van der Waals surface area contributed by atoms with Crippen molar-refractivity contribution >= 4 is 11.6 Å². The van der Waals surface area contributed by atoms with Crippen molar-refractivity contribution < 1.29 is 0 Å². The molecule has 5 nitrogen and oxygen atoms in total. The number of aromatic nitrogens is 2. The zero-order valence-electron chi connectivity index (χ0n) is 12.7. The van der Waals surface area contributed by atoms with Crippen LogP contribution >= 0.6 is 0 Å². The second-order valence-electron chi connectivity index (χ2n) is 5.81. The number of aryl methyl sites for hydroxylation is 1. The van der Waals surface area contributed by atoms with Gasteiger partial charge in [0.25, 0.3) is 0 Å². The molecule has 5 heteroatoms. The molecule has 0 amide bonds. The molecule has 1 saturated heterocycles. The molecule has 0 bridgehead atoms. The van der Waals surface area contributed by atoms with Gasteiger partial charge in [0.1, 0.15) is 17.5 Å². The van der Waals surface area contributed by atoms with Crippen LogP contribution in [0.1, 0.15) is 38.4 Å². The Morgan fingerprint density at radius 3 is 2.80 bits per heavy atom. The standard InChI is InChI=1S/C15H27N5/c1-3-4-14-18-13(16)11-15(19-14)17-8-5-12-6-9-20(2)10-7-12/h11-12H,3-10H2,1-2H3,(H3,16,17,18,19). The fourth-order valence-electron chi connectivity index (χ4n) is 2.70. The smallest absolute Gasteiger partial charge is 0.133 e. The third kappa shape index (κ3) is 4.63. The summed E-state index contributed by atoms with van der Waals surface area (Å²) in [6.07, 6.45) is 5.75. The van der Waals surface area contributed by atoms with Crippen molar-refractivity contribution in [1.29, 1.82) is 0 Å². The molecule has 3 N–H and O–H groups in total. The van der Waals surface area contributed by atoms with Gasteiger partial charge in [0.2, 0.25) is 0 Å². The van der Waals surface area contributed by atoms with Crippen molar-refractivity contribution in [2.75, 3.05) is 37.7 Å². The molecule has 0 aromatic carbocycles. The third-order valence-corrected chi connectivity index (χ3v) is 3.96. The maximum atomic E-state index is 5.82. The van der Waals surface area contributed by atoms with Gasteiger partial charge in [0.15, 0.2) is 0 Å². The predicted octanol–water partition coefficient (Wildman–Crippen LogP) is 2.16. The summed E-state index contributed by atoms with van der Waals surface area (Å²) in [5.41, 5.74) is 5.82. The summed E-state index contributed by atoms with van der Waals surface area (Å²) in [6, 6.07) is 1.83. The number of nitrogens with one attached hydrogen (secondary N) is 1. The molecule has 0 spiro atoms. The highest BCUT2D eigenvalue weighted by Crippen LogP contribution is 2.19. The predicted molar refractivity (Wildman–Crippen MR) is 83.8 cm³/mol. The first-order valence-electron chi connectivity index (χ1n) is 7.73. The Balaban J connectivity index is 1.78. The molecule has 0 aliphatic carbocycles. The molecule has 0 radical (unpaired) electrons. The van der Waals surface area contributed by atoms with E-state index in [4.69, 9.17) is 5.73 Å².